The first-order valence-corrected chi connectivity index (χ1v) is 8.82. The molecule has 2 rings (SSSR count). The summed E-state index contributed by atoms with van der Waals surface area (Å²) in [5.74, 6) is 1.72. The first-order chi connectivity index (χ1) is 9.60. The number of likely N-dealkylation sites (N-methyl/N-ethyl adjacent to an activating group) is 1. The summed E-state index contributed by atoms with van der Waals surface area (Å²) >= 11 is 0. The summed E-state index contributed by atoms with van der Waals surface area (Å²) in [4.78, 5) is 15.5. The Morgan fingerprint density at radius 3 is 2.25 bits per heavy atom. The monoisotopic (exact) mass is 279 g/mol. The minimum absolute atomic E-state index is 0.142. The summed E-state index contributed by atoms with van der Waals surface area (Å²) < 4.78 is 0. The lowest BCUT2D eigenvalue weighted by Crippen LogP contribution is -2.53. The van der Waals surface area contributed by atoms with E-state index in [-0.39, 0.29) is 5.54 Å². The van der Waals surface area contributed by atoms with Crippen LogP contribution in [0.2, 0.25) is 0 Å². The van der Waals surface area contributed by atoms with E-state index < -0.39 is 0 Å². The van der Waals surface area contributed by atoms with Crippen molar-refractivity contribution in [3.05, 3.63) is 0 Å². The molecular formula is C18H33NO. The molecule has 0 aromatic rings. The molecule has 0 aliphatic heterocycles. The van der Waals surface area contributed by atoms with Gasteiger partial charge in [-0.15, -0.1) is 0 Å². The third kappa shape index (κ3) is 3.27. The Kier molecular flexibility index (Phi) is 5.65. The summed E-state index contributed by atoms with van der Waals surface area (Å²) in [6.45, 7) is 2.28. The first-order valence-electron chi connectivity index (χ1n) is 8.82. The second-order valence-corrected chi connectivity index (χ2v) is 7.34. The molecule has 2 aliphatic carbocycles. The summed E-state index contributed by atoms with van der Waals surface area (Å²) in [7, 11) is 4.26. The average Bonchev–Trinajstić information content (AvgIpc) is 2.73. The van der Waals surface area contributed by atoms with Crippen LogP contribution in [0.5, 0.6) is 0 Å². The molecule has 2 atom stereocenters. The lowest BCUT2D eigenvalue weighted by atomic mass is 9.71. The van der Waals surface area contributed by atoms with Gasteiger partial charge in [-0.25, -0.2) is 0 Å². The van der Waals surface area contributed by atoms with Crippen molar-refractivity contribution in [3.8, 4) is 0 Å². The summed E-state index contributed by atoms with van der Waals surface area (Å²) in [6, 6.07) is 0. The van der Waals surface area contributed by atoms with Gasteiger partial charge in [-0.3, -0.25) is 9.69 Å². The van der Waals surface area contributed by atoms with E-state index in [2.05, 4.69) is 25.9 Å². The van der Waals surface area contributed by atoms with Crippen LogP contribution in [0.3, 0.4) is 0 Å². The molecule has 0 spiro atoms. The van der Waals surface area contributed by atoms with E-state index in [1.165, 1.54) is 44.9 Å². The van der Waals surface area contributed by atoms with Crippen LogP contribution in [0.1, 0.15) is 77.6 Å². The maximum absolute atomic E-state index is 13.3. The summed E-state index contributed by atoms with van der Waals surface area (Å²) in [5.41, 5.74) is -0.142. The Labute approximate surface area is 125 Å². The highest BCUT2D eigenvalue weighted by Crippen LogP contribution is 2.39. The average molecular weight is 279 g/mol. The van der Waals surface area contributed by atoms with E-state index in [1.807, 2.05) is 0 Å². The Morgan fingerprint density at radius 2 is 1.70 bits per heavy atom. The van der Waals surface area contributed by atoms with E-state index in [9.17, 15) is 4.79 Å². The molecule has 0 amide bonds. The highest BCUT2D eigenvalue weighted by molar-refractivity contribution is 5.90. The third-order valence-corrected chi connectivity index (χ3v) is 5.98. The number of hydrogen-bond acceptors (Lipinski definition) is 2. The standard InChI is InChI=1S/C18H33NO/c1-4-15-10-9-11-16(14-15)17(20)18(19(2)3)12-7-5-6-8-13-18/h15-16H,4-14H2,1-3H3. The van der Waals surface area contributed by atoms with Crippen LogP contribution in [-0.4, -0.2) is 30.3 Å². The number of carbonyl (C=O) groups is 1. The van der Waals surface area contributed by atoms with E-state index in [1.54, 1.807) is 0 Å². The molecule has 0 saturated heterocycles. The van der Waals surface area contributed by atoms with Crippen molar-refractivity contribution in [2.24, 2.45) is 11.8 Å². The SMILES string of the molecule is CCC1CCCC(C(=O)C2(N(C)C)CCCCCC2)C1. The van der Waals surface area contributed by atoms with Crippen molar-refractivity contribution < 1.29 is 4.79 Å². The lowest BCUT2D eigenvalue weighted by Gasteiger charge is -2.42. The van der Waals surface area contributed by atoms with Crippen molar-refractivity contribution in [2.75, 3.05) is 14.1 Å². The first kappa shape index (κ1) is 16.0. The Bertz CT molecular complexity index is 315. The fraction of sp³-hybridized carbons (Fsp3) is 0.944. The van der Waals surface area contributed by atoms with Gasteiger partial charge in [-0.05, 0) is 45.7 Å². The molecule has 2 heteroatoms. The van der Waals surface area contributed by atoms with Crippen LogP contribution in [0.25, 0.3) is 0 Å². The van der Waals surface area contributed by atoms with E-state index in [0.717, 1.165) is 31.6 Å². The number of nitrogens with zero attached hydrogens (tertiary/aromatic N) is 1. The number of carbonyl (C=O) groups excluding carboxylic acids is 1. The molecule has 2 fully saturated rings. The minimum atomic E-state index is -0.142. The van der Waals surface area contributed by atoms with Gasteiger partial charge in [0.1, 0.15) is 0 Å². The highest BCUT2D eigenvalue weighted by atomic mass is 16.1. The molecule has 0 aromatic heterocycles. The molecule has 2 nitrogen and oxygen atoms in total. The third-order valence-electron chi connectivity index (χ3n) is 5.98. The minimum Gasteiger partial charge on any atom is -0.297 e. The van der Waals surface area contributed by atoms with Gasteiger partial charge in [0.25, 0.3) is 0 Å². The van der Waals surface area contributed by atoms with Gasteiger partial charge < -0.3 is 0 Å². The predicted molar refractivity (Wildman–Crippen MR) is 84.9 cm³/mol. The van der Waals surface area contributed by atoms with Crippen molar-refractivity contribution in [1.29, 1.82) is 0 Å². The zero-order valence-electron chi connectivity index (χ0n) is 13.8. The number of ketones is 1. The number of hydrogen-bond donors (Lipinski definition) is 0. The van der Waals surface area contributed by atoms with Crippen LogP contribution in [0.4, 0.5) is 0 Å². The Hall–Kier alpha value is -0.370. The summed E-state index contributed by atoms with van der Waals surface area (Å²) in [6.07, 6.45) is 13.4. The van der Waals surface area contributed by atoms with Crippen LogP contribution < -0.4 is 0 Å². The smallest absolute Gasteiger partial charge is 0.156 e. The van der Waals surface area contributed by atoms with Gasteiger partial charge in [0.2, 0.25) is 0 Å². The zero-order valence-corrected chi connectivity index (χ0v) is 13.8. The Balaban J connectivity index is 2.13. The van der Waals surface area contributed by atoms with Crippen LogP contribution in [-0.2, 0) is 4.79 Å². The maximum atomic E-state index is 13.3. The second-order valence-electron chi connectivity index (χ2n) is 7.34. The molecule has 2 aliphatic rings. The van der Waals surface area contributed by atoms with Crippen LogP contribution >= 0.6 is 0 Å². The van der Waals surface area contributed by atoms with Gasteiger partial charge >= 0.3 is 0 Å². The molecule has 0 aromatic carbocycles. The molecule has 0 heterocycles. The lowest BCUT2D eigenvalue weighted by molar-refractivity contribution is -0.136. The highest BCUT2D eigenvalue weighted by Gasteiger charge is 2.44. The fourth-order valence-electron chi connectivity index (χ4n) is 4.51. The predicted octanol–water partition coefficient (Wildman–Crippen LogP) is 4.43. The number of Topliss-reactive ketones (excluding diaryl/α,β-unsaturated/α-hetero) is 1. The van der Waals surface area contributed by atoms with Gasteiger partial charge in [0.05, 0.1) is 5.54 Å². The fourth-order valence-corrected chi connectivity index (χ4v) is 4.51. The summed E-state index contributed by atoms with van der Waals surface area (Å²) in [5, 5.41) is 0. The van der Waals surface area contributed by atoms with Crippen LogP contribution in [0.15, 0.2) is 0 Å². The topological polar surface area (TPSA) is 20.3 Å². The van der Waals surface area contributed by atoms with Gasteiger partial charge in [-0.1, -0.05) is 51.9 Å². The van der Waals surface area contributed by atoms with Crippen molar-refractivity contribution in [2.45, 2.75) is 83.1 Å². The van der Waals surface area contributed by atoms with Crippen LogP contribution in [0, 0.1) is 11.8 Å². The van der Waals surface area contributed by atoms with E-state index >= 15 is 0 Å². The largest absolute Gasteiger partial charge is 0.297 e. The van der Waals surface area contributed by atoms with Crippen molar-refractivity contribution in [1.82, 2.24) is 4.90 Å². The molecular weight excluding hydrogens is 246 g/mol. The van der Waals surface area contributed by atoms with Crippen molar-refractivity contribution in [3.63, 3.8) is 0 Å². The second kappa shape index (κ2) is 7.06. The zero-order chi connectivity index (χ0) is 14.6. The van der Waals surface area contributed by atoms with E-state index in [0.29, 0.717) is 11.7 Å². The molecule has 0 radical (unpaired) electrons. The quantitative estimate of drug-likeness (QED) is 0.710. The molecule has 0 N–H and O–H groups in total. The molecule has 0 bridgehead atoms. The van der Waals surface area contributed by atoms with E-state index in [4.69, 9.17) is 0 Å². The molecule has 2 unspecified atom stereocenters. The molecule has 20 heavy (non-hydrogen) atoms. The number of rotatable bonds is 4. The van der Waals surface area contributed by atoms with Gasteiger partial charge in [0, 0.05) is 5.92 Å². The maximum Gasteiger partial charge on any atom is 0.156 e. The normalized spacial score (nSPS) is 31.0. The van der Waals surface area contributed by atoms with Gasteiger partial charge in [0.15, 0.2) is 5.78 Å². The Morgan fingerprint density at radius 1 is 1.05 bits per heavy atom. The van der Waals surface area contributed by atoms with Crippen molar-refractivity contribution >= 4 is 5.78 Å². The molecule has 2 saturated carbocycles. The molecule has 116 valence electrons. The van der Waals surface area contributed by atoms with Gasteiger partial charge in [-0.2, -0.15) is 0 Å².